The van der Waals surface area contributed by atoms with Crippen molar-refractivity contribution in [3.8, 4) is 0 Å². The van der Waals surface area contributed by atoms with Gasteiger partial charge in [-0.1, -0.05) is 94.4 Å². The van der Waals surface area contributed by atoms with Crippen LogP contribution in [-0.2, 0) is 14.3 Å². The molecule has 2 aliphatic carbocycles. The lowest BCUT2D eigenvalue weighted by atomic mass is 9.90. The van der Waals surface area contributed by atoms with Gasteiger partial charge in [0, 0.05) is 0 Å². The molecule has 4 nitrogen and oxygen atoms in total. The highest BCUT2D eigenvalue weighted by Gasteiger charge is 2.40. The van der Waals surface area contributed by atoms with Crippen molar-refractivity contribution in [1.82, 2.24) is 0 Å². The smallest absolute Gasteiger partial charge is 0.334 e. The first-order valence-corrected chi connectivity index (χ1v) is 13.3. The van der Waals surface area contributed by atoms with Crippen LogP contribution in [-0.4, -0.2) is 23.0 Å². The molecule has 0 aromatic heterocycles. The van der Waals surface area contributed by atoms with E-state index in [-0.39, 0.29) is 5.57 Å². The summed E-state index contributed by atoms with van der Waals surface area (Å²) in [6.07, 6.45) is 34.9. The topological polar surface area (TPSA) is 55.8 Å². The summed E-state index contributed by atoms with van der Waals surface area (Å²) in [7, 11) is 0. The molecule has 0 aromatic carbocycles. The third-order valence-electron chi connectivity index (χ3n) is 7.24. The monoisotopic (exact) mass is 466 g/mol. The van der Waals surface area contributed by atoms with Crippen LogP contribution in [0.25, 0.3) is 0 Å². The summed E-state index contributed by atoms with van der Waals surface area (Å²) < 4.78 is 11.6. The zero-order valence-electron chi connectivity index (χ0n) is 20.7. The fourth-order valence-electron chi connectivity index (χ4n) is 5.36. The minimum atomic E-state index is -0.978. The van der Waals surface area contributed by atoms with Gasteiger partial charge in [0.25, 0.3) is 0 Å². The van der Waals surface area contributed by atoms with E-state index >= 15 is 0 Å². The predicted molar refractivity (Wildman–Crippen MR) is 138 cm³/mol. The molecule has 4 atom stereocenters. The number of hydrogen-bond acceptors (Lipinski definition) is 3. The fraction of sp³-hybridized carbons (Fsp3) is 0.567. The maximum atomic E-state index is 12.1. The third-order valence-corrected chi connectivity index (χ3v) is 7.24. The van der Waals surface area contributed by atoms with Crippen LogP contribution < -0.4 is 0 Å². The van der Waals surface area contributed by atoms with Gasteiger partial charge in [0.05, 0.1) is 11.8 Å². The van der Waals surface area contributed by atoms with Crippen molar-refractivity contribution in [1.29, 1.82) is 0 Å². The molecule has 0 spiro atoms. The Bertz CT molecular complexity index is 816. The highest BCUT2D eigenvalue weighted by Crippen LogP contribution is 2.37. The predicted octanol–water partition coefficient (Wildman–Crippen LogP) is 7.81. The maximum Gasteiger partial charge on any atom is 0.334 e. The van der Waals surface area contributed by atoms with E-state index in [1.54, 1.807) is 24.5 Å². The summed E-state index contributed by atoms with van der Waals surface area (Å²) in [6, 6.07) is 0. The third kappa shape index (κ3) is 7.87. The lowest BCUT2D eigenvalue weighted by Gasteiger charge is -2.32. The van der Waals surface area contributed by atoms with E-state index in [2.05, 4.69) is 19.1 Å². The Morgan fingerprint density at radius 2 is 1.97 bits per heavy atom. The molecular weight excluding hydrogens is 424 g/mol. The Balaban J connectivity index is 1.55. The van der Waals surface area contributed by atoms with Crippen molar-refractivity contribution in [2.24, 2.45) is 11.8 Å². The van der Waals surface area contributed by atoms with Crippen LogP contribution in [0.4, 0.5) is 0 Å². The first-order chi connectivity index (χ1) is 16.6. The van der Waals surface area contributed by atoms with Crippen molar-refractivity contribution in [2.75, 3.05) is 0 Å². The SMILES string of the molecule is CCCCCCCC[C@H]1CCC[C@@H]1C=CC=CC=C(C(=O)O)C1(OC2C=CC=CO2)C=CCC1. The molecule has 0 radical (unpaired) electrons. The number of ether oxygens (including phenoxy) is 2. The number of unbranched alkanes of at least 4 members (excludes halogenated alkanes) is 5. The second-order valence-electron chi connectivity index (χ2n) is 9.73. The van der Waals surface area contributed by atoms with Gasteiger partial charge in [0.2, 0.25) is 6.29 Å². The Labute approximate surface area is 205 Å². The zero-order valence-corrected chi connectivity index (χ0v) is 20.7. The minimum Gasteiger partial charge on any atom is -0.478 e. The van der Waals surface area contributed by atoms with Gasteiger partial charge in [0.15, 0.2) is 0 Å². The first kappa shape index (κ1) is 26.3. The fourth-order valence-corrected chi connectivity index (χ4v) is 5.36. The standard InChI is InChI=1S/C30H42O4/c1-2-3-4-5-6-8-16-25-18-15-19-26(25)17-9-7-10-20-27(29(31)32)30(22-12-13-23-30)34-28-21-11-14-24-33-28/h7,9-12,14,17,20-22,24-26,28H,2-6,8,13,15-16,18-19,23H2,1H3,(H,31,32)/t25-,26-,28?,30?/m0/s1. The quantitative estimate of drug-likeness (QED) is 0.123. The van der Waals surface area contributed by atoms with Gasteiger partial charge < -0.3 is 14.6 Å². The molecule has 1 heterocycles. The average Bonchev–Trinajstić information content (AvgIpc) is 3.49. The van der Waals surface area contributed by atoms with Gasteiger partial charge >= 0.3 is 5.97 Å². The molecule has 0 bridgehead atoms. The molecule has 1 N–H and O–H groups in total. The molecule has 186 valence electrons. The molecule has 3 rings (SSSR count). The normalized spacial score (nSPS) is 29.0. The molecule has 2 unspecified atom stereocenters. The van der Waals surface area contributed by atoms with Gasteiger partial charge in [-0.3, -0.25) is 0 Å². The van der Waals surface area contributed by atoms with Gasteiger partial charge in [-0.25, -0.2) is 4.79 Å². The van der Waals surface area contributed by atoms with Gasteiger partial charge in [-0.15, -0.1) is 0 Å². The lowest BCUT2D eigenvalue weighted by Crippen LogP contribution is -2.38. The summed E-state index contributed by atoms with van der Waals surface area (Å²) in [5, 5.41) is 9.94. The van der Waals surface area contributed by atoms with E-state index in [9.17, 15) is 9.90 Å². The van der Waals surface area contributed by atoms with Crippen molar-refractivity contribution in [3.63, 3.8) is 0 Å². The van der Waals surface area contributed by atoms with Crippen LogP contribution in [0, 0.1) is 11.8 Å². The van der Waals surface area contributed by atoms with E-state index in [0.29, 0.717) is 12.3 Å². The Kier molecular flexibility index (Phi) is 10.9. The Morgan fingerprint density at radius 1 is 1.12 bits per heavy atom. The molecule has 0 saturated heterocycles. The second kappa shape index (κ2) is 14.2. The maximum absolute atomic E-state index is 12.1. The summed E-state index contributed by atoms with van der Waals surface area (Å²) in [6.45, 7) is 2.27. The molecule has 34 heavy (non-hydrogen) atoms. The number of allylic oxidation sites excluding steroid dienone is 8. The molecule has 1 fully saturated rings. The van der Waals surface area contributed by atoms with Crippen molar-refractivity contribution in [2.45, 2.75) is 95.9 Å². The van der Waals surface area contributed by atoms with E-state index in [0.717, 1.165) is 12.3 Å². The van der Waals surface area contributed by atoms with Crippen molar-refractivity contribution in [3.05, 3.63) is 72.6 Å². The van der Waals surface area contributed by atoms with E-state index in [1.807, 2.05) is 30.4 Å². The highest BCUT2D eigenvalue weighted by molar-refractivity contribution is 5.90. The lowest BCUT2D eigenvalue weighted by molar-refractivity contribution is -0.148. The van der Waals surface area contributed by atoms with Gasteiger partial charge in [-0.2, -0.15) is 0 Å². The van der Waals surface area contributed by atoms with Crippen LogP contribution in [0.5, 0.6) is 0 Å². The second-order valence-corrected chi connectivity index (χ2v) is 9.73. The van der Waals surface area contributed by atoms with Crippen LogP contribution in [0.15, 0.2) is 72.6 Å². The number of carboxylic acids is 1. The Hall–Kier alpha value is -2.33. The minimum absolute atomic E-state index is 0.235. The number of carboxylic acid groups (broad SMARTS) is 1. The van der Waals surface area contributed by atoms with E-state index in [1.165, 1.54) is 64.2 Å². The number of hydrogen-bond donors (Lipinski definition) is 1. The number of carbonyl (C=O) groups is 1. The molecule has 3 aliphatic rings. The van der Waals surface area contributed by atoms with Crippen LogP contribution in [0.1, 0.15) is 84.0 Å². The largest absolute Gasteiger partial charge is 0.478 e. The Morgan fingerprint density at radius 3 is 2.71 bits per heavy atom. The summed E-state index contributed by atoms with van der Waals surface area (Å²) in [5.74, 6) is 0.489. The number of aliphatic carboxylic acids is 1. The van der Waals surface area contributed by atoms with Crippen molar-refractivity contribution < 1.29 is 19.4 Å². The first-order valence-electron chi connectivity index (χ1n) is 13.3. The molecule has 1 aliphatic heterocycles. The summed E-state index contributed by atoms with van der Waals surface area (Å²) >= 11 is 0. The van der Waals surface area contributed by atoms with Gasteiger partial charge in [0.1, 0.15) is 5.60 Å². The summed E-state index contributed by atoms with van der Waals surface area (Å²) in [5.41, 5.74) is -0.743. The highest BCUT2D eigenvalue weighted by atomic mass is 16.7. The summed E-state index contributed by atoms with van der Waals surface area (Å²) in [4.78, 5) is 12.1. The molecular formula is C30H42O4. The van der Waals surface area contributed by atoms with Crippen LogP contribution in [0.2, 0.25) is 0 Å². The van der Waals surface area contributed by atoms with Crippen LogP contribution in [0.3, 0.4) is 0 Å². The average molecular weight is 467 g/mol. The molecule has 0 aromatic rings. The molecule has 1 saturated carbocycles. The van der Waals surface area contributed by atoms with Crippen LogP contribution >= 0.6 is 0 Å². The molecule has 4 heteroatoms. The van der Waals surface area contributed by atoms with E-state index < -0.39 is 17.9 Å². The zero-order chi connectivity index (χ0) is 24.1. The van der Waals surface area contributed by atoms with Crippen molar-refractivity contribution >= 4 is 5.97 Å². The van der Waals surface area contributed by atoms with E-state index in [4.69, 9.17) is 9.47 Å². The molecule has 0 amide bonds. The number of rotatable bonds is 14. The van der Waals surface area contributed by atoms with Gasteiger partial charge in [-0.05, 0) is 62.2 Å².